The Kier molecular flexibility index (Phi) is 4.11. The summed E-state index contributed by atoms with van der Waals surface area (Å²) < 4.78 is 0. The van der Waals surface area contributed by atoms with Crippen LogP contribution in [0.25, 0.3) is 0 Å². The average Bonchev–Trinajstić information content (AvgIpc) is 2.15. The lowest BCUT2D eigenvalue weighted by Gasteiger charge is -2.28. The fourth-order valence-corrected chi connectivity index (χ4v) is 1.35. The topological polar surface area (TPSA) is 18.5 Å². The lowest BCUT2D eigenvalue weighted by molar-refractivity contribution is -0.396. The second-order valence-electron chi connectivity index (χ2n) is 5.70. The van der Waals surface area contributed by atoms with E-state index in [1.54, 1.807) is 0 Å². The van der Waals surface area contributed by atoms with E-state index >= 15 is 0 Å². The Morgan fingerprint density at radius 1 is 0.875 bits per heavy atom. The minimum Gasteiger partial charge on any atom is -0.230 e. The van der Waals surface area contributed by atoms with E-state index in [1.807, 2.05) is 52.8 Å². The summed E-state index contributed by atoms with van der Waals surface area (Å²) in [7, 11) is 0. The average molecular weight is 222 g/mol. The fourth-order valence-electron chi connectivity index (χ4n) is 1.35. The standard InChI is InChI=1S/C14H22O2/c1-13(2,3)15-16-14(4,5)11-12-9-7-6-8-10-12/h6-10H,11H2,1-5H3. The van der Waals surface area contributed by atoms with Gasteiger partial charge in [0, 0.05) is 6.42 Å². The summed E-state index contributed by atoms with van der Waals surface area (Å²) in [5.74, 6) is 0. The molecule has 0 radical (unpaired) electrons. The molecule has 0 atom stereocenters. The zero-order chi connectivity index (χ0) is 12.2. The zero-order valence-electron chi connectivity index (χ0n) is 10.9. The first kappa shape index (κ1) is 13.2. The molecule has 2 heteroatoms. The molecule has 1 aromatic rings. The Hall–Kier alpha value is -0.860. The maximum Gasteiger partial charge on any atom is 0.102 e. The lowest BCUT2D eigenvalue weighted by atomic mass is 9.99. The molecule has 0 saturated heterocycles. The normalized spacial score (nSPS) is 12.8. The van der Waals surface area contributed by atoms with E-state index in [-0.39, 0.29) is 11.2 Å². The van der Waals surface area contributed by atoms with Crippen LogP contribution in [0.4, 0.5) is 0 Å². The van der Waals surface area contributed by atoms with Crippen LogP contribution in [0.3, 0.4) is 0 Å². The van der Waals surface area contributed by atoms with Crippen LogP contribution in [0.1, 0.15) is 40.2 Å². The fraction of sp³-hybridized carbons (Fsp3) is 0.571. The molecule has 0 fully saturated rings. The van der Waals surface area contributed by atoms with Crippen LogP contribution in [0.5, 0.6) is 0 Å². The molecule has 1 rings (SSSR count). The van der Waals surface area contributed by atoms with Crippen molar-refractivity contribution in [2.45, 2.75) is 52.2 Å². The van der Waals surface area contributed by atoms with Crippen molar-refractivity contribution in [1.29, 1.82) is 0 Å². The Balaban J connectivity index is 2.52. The van der Waals surface area contributed by atoms with Crippen molar-refractivity contribution in [3.63, 3.8) is 0 Å². The van der Waals surface area contributed by atoms with Gasteiger partial charge in [0.15, 0.2) is 0 Å². The van der Waals surface area contributed by atoms with E-state index in [4.69, 9.17) is 9.78 Å². The van der Waals surface area contributed by atoms with Gasteiger partial charge in [0.1, 0.15) is 5.60 Å². The Labute approximate surface area is 98.5 Å². The Bertz CT molecular complexity index is 309. The smallest absolute Gasteiger partial charge is 0.102 e. The van der Waals surface area contributed by atoms with Crippen LogP contribution in [-0.2, 0) is 16.2 Å². The molecule has 0 unspecified atom stereocenters. The third-order valence-corrected chi connectivity index (χ3v) is 1.99. The molecule has 0 bridgehead atoms. The highest BCUT2D eigenvalue weighted by Gasteiger charge is 2.24. The van der Waals surface area contributed by atoms with Crippen LogP contribution in [-0.4, -0.2) is 11.2 Å². The van der Waals surface area contributed by atoms with E-state index in [0.717, 1.165) is 6.42 Å². The number of rotatable bonds is 4. The van der Waals surface area contributed by atoms with Gasteiger partial charge in [-0.3, -0.25) is 0 Å². The summed E-state index contributed by atoms with van der Waals surface area (Å²) in [5, 5.41) is 0. The molecule has 0 saturated carbocycles. The third-order valence-electron chi connectivity index (χ3n) is 1.99. The van der Waals surface area contributed by atoms with E-state index in [2.05, 4.69) is 12.1 Å². The summed E-state index contributed by atoms with van der Waals surface area (Å²) in [6, 6.07) is 10.3. The van der Waals surface area contributed by atoms with Gasteiger partial charge in [-0.25, -0.2) is 9.78 Å². The van der Waals surface area contributed by atoms with Crippen molar-refractivity contribution in [2.75, 3.05) is 0 Å². The summed E-state index contributed by atoms with van der Waals surface area (Å²) in [4.78, 5) is 10.9. The summed E-state index contributed by atoms with van der Waals surface area (Å²) >= 11 is 0. The molecule has 0 heterocycles. The monoisotopic (exact) mass is 222 g/mol. The SMILES string of the molecule is CC(C)(C)OOC(C)(C)Cc1ccccc1. The molecule has 90 valence electrons. The van der Waals surface area contributed by atoms with E-state index in [0.29, 0.717) is 0 Å². The van der Waals surface area contributed by atoms with Crippen molar-refractivity contribution in [2.24, 2.45) is 0 Å². The second-order valence-corrected chi connectivity index (χ2v) is 5.70. The zero-order valence-corrected chi connectivity index (χ0v) is 10.9. The number of hydrogen-bond acceptors (Lipinski definition) is 2. The van der Waals surface area contributed by atoms with Gasteiger partial charge < -0.3 is 0 Å². The minimum atomic E-state index is -0.311. The molecular weight excluding hydrogens is 200 g/mol. The second kappa shape index (κ2) is 4.98. The molecule has 0 aliphatic rings. The van der Waals surface area contributed by atoms with Crippen LogP contribution >= 0.6 is 0 Å². The van der Waals surface area contributed by atoms with Crippen molar-refractivity contribution in [1.82, 2.24) is 0 Å². The molecule has 2 nitrogen and oxygen atoms in total. The van der Waals surface area contributed by atoms with E-state index in [9.17, 15) is 0 Å². The van der Waals surface area contributed by atoms with Gasteiger partial charge in [-0.15, -0.1) is 0 Å². The summed E-state index contributed by atoms with van der Waals surface area (Å²) in [6.07, 6.45) is 0.837. The quantitative estimate of drug-likeness (QED) is 0.570. The minimum absolute atomic E-state index is 0.270. The van der Waals surface area contributed by atoms with Crippen LogP contribution in [0.15, 0.2) is 30.3 Å². The van der Waals surface area contributed by atoms with Gasteiger partial charge in [0.05, 0.1) is 5.60 Å². The lowest BCUT2D eigenvalue weighted by Crippen LogP contribution is -2.32. The summed E-state index contributed by atoms with van der Waals surface area (Å²) in [5.41, 5.74) is 0.674. The van der Waals surface area contributed by atoms with Gasteiger partial charge in [0.25, 0.3) is 0 Å². The molecule has 0 amide bonds. The Morgan fingerprint density at radius 2 is 1.44 bits per heavy atom. The molecule has 0 aliphatic heterocycles. The summed E-state index contributed by atoms with van der Waals surface area (Å²) in [6.45, 7) is 10.0. The highest BCUT2D eigenvalue weighted by molar-refractivity contribution is 5.16. The van der Waals surface area contributed by atoms with Crippen molar-refractivity contribution in [3.05, 3.63) is 35.9 Å². The molecule has 0 spiro atoms. The maximum atomic E-state index is 5.50. The van der Waals surface area contributed by atoms with Crippen LogP contribution in [0, 0.1) is 0 Å². The highest BCUT2D eigenvalue weighted by atomic mass is 17.2. The third kappa shape index (κ3) is 5.29. The first-order valence-corrected chi connectivity index (χ1v) is 5.69. The van der Waals surface area contributed by atoms with Gasteiger partial charge in [0.2, 0.25) is 0 Å². The first-order chi connectivity index (χ1) is 7.29. The molecule has 0 N–H and O–H groups in total. The molecule has 0 aromatic heterocycles. The van der Waals surface area contributed by atoms with Gasteiger partial charge in [-0.2, -0.15) is 0 Å². The first-order valence-electron chi connectivity index (χ1n) is 5.69. The van der Waals surface area contributed by atoms with Crippen LogP contribution in [0.2, 0.25) is 0 Å². The molecule has 0 aliphatic carbocycles. The maximum absolute atomic E-state index is 5.50. The molecule has 1 aromatic carbocycles. The van der Waals surface area contributed by atoms with E-state index in [1.165, 1.54) is 5.56 Å². The molecular formula is C14H22O2. The van der Waals surface area contributed by atoms with Crippen molar-refractivity contribution >= 4 is 0 Å². The van der Waals surface area contributed by atoms with Gasteiger partial charge in [-0.1, -0.05) is 30.3 Å². The van der Waals surface area contributed by atoms with Crippen molar-refractivity contribution in [3.8, 4) is 0 Å². The van der Waals surface area contributed by atoms with Gasteiger partial charge in [-0.05, 0) is 40.2 Å². The van der Waals surface area contributed by atoms with Crippen LogP contribution < -0.4 is 0 Å². The Morgan fingerprint density at radius 3 is 1.94 bits per heavy atom. The number of benzene rings is 1. The highest BCUT2D eigenvalue weighted by Crippen LogP contribution is 2.20. The predicted octanol–water partition coefficient (Wildman–Crippen LogP) is 3.75. The predicted molar refractivity (Wildman–Crippen MR) is 66.1 cm³/mol. The van der Waals surface area contributed by atoms with Gasteiger partial charge >= 0.3 is 0 Å². The molecule has 16 heavy (non-hydrogen) atoms. The van der Waals surface area contributed by atoms with Crippen molar-refractivity contribution < 1.29 is 9.78 Å². The number of hydrogen-bond donors (Lipinski definition) is 0. The van der Waals surface area contributed by atoms with E-state index < -0.39 is 0 Å². The largest absolute Gasteiger partial charge is 0.230 e.